The van der Waals surface area contributed by atoms with Gasteiger partial charge in [0.15, 0.2) is 6.10 Å². The van der Waals surface area contributed by atoms with Gasteiger partial charge in [-0.25, -0.2) is 0 Å². The topological polar surface area (TPSA) is 78.9 Å². The Bertz CT molecular complexity index is 1160. The van der Waals surface area contributed by atoms with E-state index in [2.05, 4.69) is 57.2 Å². The Kier molecular flexibility index (Phi) is 56.2. The normalized spacial score (nSPS) is 12.2. The highest BCUT2D eigenvalue weighted by molar-refractivity contribution is 5.71. The van der Waals surface area contributed by atoms with Gasteiger partial charge in [0.2, 0.25) is 0 Å². The molecule has 0 aliphatic rings. The molecule has 6 heteroatoms. The number of rotatable bonds is 56. The number of allylic oxidation sites excluding steroid dienone is 6. The van der Waals surface area contributed by atoms with Crippen molar-refractivity contribution in [3.63, 3.8) is 0 Å². The van der Waals surface area contributed by atoms with Gasteiger partial charge in [-0.3, -0.25) is 14.4 Å². The van der Waals surface area contributed by atoms with Gasteiger partial charge in [0.05, 0.1) is 0 Å². The molecule has 0 aromatic heterocycles. The lowest BCUT2D eigenvalue weighted by Gasteiger charge is -2.18. The summed E-state index contributed by atoms with van der Waals surface area (Å²) in [4.78, 5) is 38.2. The quantitative estimate of drug-likeness (QED) is 0.0261. The number of carbonyl (C=O) groups is 3. The van der Waals surface area contributed by atoms with Gasteiger partial charge in [-0.15, -0.1) is 0 Å². The van der Waals surface area contributed by atoms with E-state index in [1.54, 1.807) is 0 Å². The molecule has 0 heterocycles. The average Bonchev–Trinajstić information content (AvgIpc) is 3.35. The fourth-order valence-electron chi connectivity index (χ4n) is 8.96. The molecular weight excluding hydrogens is 853 g/mol. The first kappa shape index (κ1) is 66.6. The zero-order valence-electron chi connectivity index (χ0n) is 46.3. The maximum atomic E-state index is 12.9. The summed E-state index contributed by atoms with van der Waals surface area (Å²) >= 11 is 0. The summed E-state index contributed by atoms with van der Waals surface area (Å²) in [6, 6.07) is 0. The highest BCUT2D eigenvalue weighted by atomic mass is 16.6. The predicted molar refractivity (Wildman–Crippen MR) is 298 cm³/mol. The maximum Gasteiger partial charge on any atom is 0.306 e. The van der Waals surface area contributed by atoms with Gasteiger partial charge in [-0.1, -0.05) is 250 Å². The number of carbonyl (C=O) groups excluding carboxylic acids is 3. The Balaban J connectivity index is 4.31. The molecule has 0 aliphatic heterocycles. The van der Waals surface area contributed by atoms with E-state index in [-0.39, 0.29) is 31.1 Å². The zero-order valence-corrected chi connectivity index (χ0v) is 46.3. The smallest absolute Gasteiger partial charge is 0.306 e. The first-order valence-corrected chi connectivity index (χ1v) is 30.5. The van der Waals surface area contributed by atoms with Gasteiger partial charge in [0.25, 0.3) is 0 Å². The molecule has 6 nitrogen and oxygen atoms in total. The van der Waals surface area contributed by atoms with Crippen molar-refractivity contribution in [3.8, 4) is 0 Å². The molecule has 0 rings (SSSR count). The van der Waals surface area contributed by atoms with Crippen LogP contribution in [-0.2, 0) is 28.6 Å². The first-order valence-electron chi connectivity index (χ1n) is 30.5. The van der Waals surface area contributed by atoms with Crippen LogP contribution in [-0.4, -0.2) is 37.2 Å². The monoisotopic (exact) mass is 969 g/mol. The molecule has 0 saturated carbocycles. The van der Waals surface area contributed by atoms with Gasteiger partial charge < -0.3 is 14.2 Å². The molecule has 0 spiro atoms. The lowest BCUT2D eigenvalue weighted by atomic mass is 10.0. The number of unbranched alkanes of at least 4 members (excludes halogenated alkanes) is 39. The van der Waals surface area contributed by atoms with Crippen molar-refractivity contribution in [2.75, 3.05) is 13.2 Å². The van der Waals surface area contributed by atoms with Crippen molar-refractivity contribution >= 4 is 17.9 Å². The van der Waals surface area contributed by atoms with Crippen molar-refractivity contribution in [1.29, 1.82) is 0 Å². The number of ether oxygens (including phenoxy) is 3. The van der Waals surface area contributed by atoms with Gasteiger partial charge in [0.1, 0.15) is 13.2 Å². The third-order valence-electron chi connectivity index (χ3n) is 13.6. The van der Waals surface area contributed by atoms with Crippen LogP contribution < -0.4 is 0 Å². The molecule has 404 valence electrons. The fraction of sp³-hybridized carbons (Fsp3) is 0.857. The third-order valence-corrected chi connectivity index (χ3v) is 13.6. The molecule has 0 aromatic carbocycles. The fourth-order valence-corrected chi connectivity index (χ4v) is 8.96. The zero-order chi connectivity index (χ0) is 50.0. The van der Waals surface area contributed by atoms with Crippen LogP contribution in [0.3, 0.4) is 0 Å². The average molecular weight is 970 g/mol. The van der Waals surface area contributed by atoms with E-state index in [9.17, 15) is 14.4 Å². The summed E-state index contributed by atoms with van der Waals surface area (Å²) in [5.41, 5.74) is 0. The van der Waals surface area contributed by atoms with E-state index < -0.39 is 6.10 Å². The van der Waals surface area contributed by atoms with E-state index in [4.69, 9.17) is 14.2 Å². The lowest BCUT2D eigenvalue weighted by molar-refractivity contribution is -0.167. The number of esters is 3. The lowest BCUT2D eigenvalue weighted by Crippen LogP contribution is -2.30. The third kappa shape index (κ3) is 56.4. The van der Waals surface area contributed by atoms with Crippen LogP contribution >= 0.6 is 0 Å². The van der Waals surface area contributed by atoms with Crippen LogP contribution in [0.4, 0.5) is 0 Å². The van der Waals surface area contributed by atoms with E-state index in [0.717, 1.165) is 64.2 Å². The Labute approximate surface area is 429 Å². The van der Waals surface area contributed by atoms with E-state index >= 15 is 0 Å². The molecule has 69 heavy (non-hydrogen) atoms. The molecule has 0 saturated heterocycles. The second-order valence-corrected chi connectivity index (χ2v) is 20.6. The van der Waals surface area contributed by atoms with Gasteiger partial charge in [0, 0.05) is 19.3 Å². The molecule has 0 fully saturated rings. The van der Waals surface area contributed by atoms with Crippen LogP contribution in [0, 0.1) is 0 Å². The summed E-state index contributed by atoms with van der Waals surface area (Å²) in [6.07, 6.45) is 70.0. The van der Waals surface area contributed by atoms with Gasteiger partial charge in [-0.2, -0.15) is 0 Å². The second-order valence-electron chi connectivity index (χ2n) is 20.6. The van der Waals surface area contributed by atoms with Crippen molar-refractivity contribution < 1.29 is 28.6 Å². The van der Waals surface area contributed by atoms with Crippen molar-refractivity contribution in [2.45, 2.75) is 335 Å². The van der Waals surface area contributed by atoms with Gasteiger partial charge in [-0.05, 0) is 96.3 Å². The molecule has 0 amide bonds. The second kappa shape index (κ2) is 58.2. The summed E-state index contributed by atoms with van der Waals surface area (Å²) in [6.45, 7) is 6.65. The summed E-state index contributed by atoms with van der Waals surface area (Å²) < 4.78 is 16.9. The van der Waals surface area contributed by atoms with Crippen LogP contribution in [0.2, 0.25) is 0 Å². The minimum atomic E-state index is -0.776. The summed E-state index contributed by atoms with van der Waals surface area (Å²) in [5.74, 6) is -0.870. The molecular formula is C63H116O6. The van der Waals surface area contributed by atoms with Crippen LogP contribution in [0.1, 0.15) is 329 Å². The van der Waals surface area contributed by atoms with Crippen LogP contribution in [0.25, 0.3) is 0 Å². The highest BCUT2D eigenvalue weighted by Gasteiger charge is 2.19. The standard InChI is InChI=1S/C63H116O6/c1-4-7-10-13-16-19-22-25-27-29-30-31-32-34-35-38-41-44-47-50-53-56-62(65)68-59-60(58-67-61(64)55-52-49-46-43-40-37-24-21-18-15-12-9-6-3)69-63(66)57-54-51-48-45-42-39-36-33-28-26-23-20-17-14-11-8-5-2/h21,24-28,60H,4-20,22-23,29-59H2,1-3H3/b24-21-,27-25-,28-26-/t60-/m0/s1. The first-order chi connectivity index (χ1) is 34.0. The Morgan fingerprint density at radius 2 is 0.478 bits per heavy atom. The highest BCUT2D eigenvalue weighted by Crippen LogP contribution is 2.16. The summed E-state index contributed by atoms with van der Waals surface area (Å²) in [5, 5.41) is 0. The molecule has 0 N–H and O–H groups in total. The Morgan fingerprint density at radius 3 is 0.739 bits per heavy atom. The molecule has 0 radical (unpaired) electrons. The number of hydrogen-bond acceptors (Lipinski definition) is 6. The molecule has 0 bridgehead atoms. The SMILES string of the molecule is CCCCCC/C=C\CCCCCCCC(=O)OC[C@@H](COC(=O)CCCCCCCCCCCCC/C=C\CCCCCCCC)OC(=O)CCCCCCCCC/C=C\CCCCCCCC. The number of hydrogen-bond donors (Lipinski definition) is 0. The predicted octanol–water partition coefficient (Wildman–Crippen LogP) is 20.4. The van der Waals surface area contributed by atoms with E-state index in [0.29, 0.717) is 19.3 Å². The maximum absolute atomic E-state index is 12.9. The van der Waals surface area contributed by atoms with Crippen LogP contribution in [0.15, 0.2) is 36.5 Å². The minimum absolute atomic E-state index is 0.0742. The Hall–Kier alpha value is -2.37. The van der Waals surface area contributed by atoms with Crippen molar-refractivity contribution in [2.24, 2.45) is 0 Å². The molecule has 0 aromatic rings. The van der Waals surface area contributed by atoms with Crippen molar-refractivity contribution in [1.82, 2.24) is 0 Å². The Morgan fingerprint density at radius 1 is 0.275 bits per heavy atom. The van der Waals surface area contributed by atoms with Gasteiger partial charge >= 0.3 is 17.9 Å². The minimum Gasteiger partial charge on any atom is -0.462 e. The molecule has 0 aliphatic carbocycles. The summed E-state index contributed by atoms with van der Waals surface area (Å²) in [7, 11) is 0. The van der Waals surface area contributed by atoms with Crippen LogP contribution in [0.5, 0.6) is 0 Å². The molecule has 0 unspecified atom stereocenters. The van der Waals surface area contributed by atoms with E-state index in [1.807, 2.05) is 0 Å². The van der Waals surface area contributed by atoms with Crippen molar-refractivity contribution in [3.05, 3.63) is 36.5 Å². The molecule has 1 atom stereocenters. The van der Waals surface area contributed by atoms with E-state index in [1.165, 1.54) is 225 Å². The largest absolute Gasteiger partial charge is 0.462 e.